The van der Waals surface area contributed by atoms with Crippen molar-refractivity contribution in [3.05, 3.63) is 59.7 Å². The number of rotatable bonds is 10. The Morgan fingerprint density at radius 3 is 2.27 bits per heavy atom. The molecule has 2 aromatic rings. The van der Waals surface area contributed by atoms with E-state index in [1.165, 1.54) is 22.3 Å². The van der Waals surface area contributed by atoms with Gasteiger partial charge in [-0.25, -0.2) is 4.79 Å². The molecule has 174 valence electrons. The van der Waals surface area contributed by atoms with Gasteiger partial charge in [0.25, 0.3) is 0 Å². The van der Waals surface area contributed by atoms with Crippen LogP contribution in [-0.4, -0.2) is 42.8 Å². The summed E-state index contributed by atoms with van der Waals surface area (Å²) in [7, 11) is 0. The van der Waals surface area contributed by atoms with Gasteiger partial charge in [0, 0.05) is 25.4 Å². The Labute approximate surface area is 193 Å². The summed E-state index contributed by atoms with van der Waals surface area (Å²) in [4.78, 5) is 35.1. The number of amides is 2. The Morgan fingerprint density at radius 2 is 1.67 bits per heavy atom. The number of carbonyl (C=O) groups is 3. The lowest BCUT2D eigenvalue weighted by Gasteiger charge is -2.16. The molecule has 0 radical (unpaired) electrons. The third-order valence-corrected chi connectivity index (χ3v) is 6.60. The van der Waals surface area contributed by atoms with E-state index in [1.54, 1.807) is 0 Å². The monoisotopic (exact) mass is 450 g/mol. The van der Waals surface area contributed by atoms with Gasteiger partial charge in [-0.05, 0) is 46.9 Å². The van der Waals surface area contributed by atoms with Gasteiger partial charge in [0.05, 0.1) is 5.92 Å². The van der Waals surface area contributed by atoms with Crippen LogP contribution in [0.25, 0.3) is 11.1 Å². The summed E-state index contributed by atoms with van der Waals surface area (Å²) in [6, 6.07) is 16.4. The fourth-order valence-corrected chi connectivity index (χ4v) is 4.50. The maximum absolute atomic E-state index is 12.3. The van der Waals surface area contributed by atoms with E-state index in [2.05, 4.69) is 34.9 Å². The molecular formula is C26H30N2O5. The van der Waals surface area contributed by atoms with Crippen LogP contribution in [0.5, 0.6) is 0 Å². The predicted octanol–water partition coefficient (Wildman–Crippen LogP) is 3.78. The Kier molecular flexibility index (Phi) is 6.96. The topological polar surface area (TPSA) is 105 Å². The number of hydrogen-bond donors (Lipinski definition) is 3. The van der Waals surface area contributed by atoms with Crippen molar-refractivity contribution in [1.82, 2.24) is 10.6 Å². The van der Waals surface area contributed by atoms with Crippen LogP contribution >= 0.6 is 0 Å². The number of carbonyl (C=O) groups excluding carboxylic acids is 2. The minimum Gasteiger partial charge on any atom is -0.481 e. The van der Waals surface area contributed by atoms with Crippen molar-refractivity contribution < 1.29 is 24.2 Å². The van der Waals surface area contributed by atoms with E-state index in [0.717, 1.165) is 0 Å². The van der Waals surface area contributed by atoms with Crippen LogP contribution in [0, 0.1) is 17.8 Å². The SMILES string of the molecule is CC(CCC(=O)NC[C@@H]1C[C@@H]1C(=O)O)CNC(=O)OCC1c2ccccc2-c2ccccc21. The van der Waals surface area contributed by atoms with Crippen molar-refractivity contribution in [3.63, 3.8) is 0 Å². The molecule has 0 aliphatic heterocycles. The number of hydrogen-bond acceptors (Lipinski definition) is 4. The molecule has 0 saturated heterocycles. The van der Waals surface area contributed by atoms with Gasteiger partial charge < -0.3 is 20.5 Å². The molecule has 33 heavy (non-hydrogen) atoms. The molecule has 2 aliphatic carbocycles. The van der Waals surface area contributed by atoms with Gasteiger partial charge in [0.1, 0.15) is 6.61 Å². The molecule has 0 aromatic heterocycles. The second-order valence-corrected chi connectivity index (χ2v) is 9.09. The molecule has 2 amide bonds. The predicted molar refractivity (Wildman–Crippen MR) is 124 cm³/mol. The molecule has 7 nitrogen and oxygen atoms in total. The van der Waals surface area contributed by atoms with Crippen molar-refractivity contribution >= 4 is 18.0 Å². The molecule has 0 spiro atoms. The molecule has 7 heteroatoms. The van der Waals surface area contributed by atoms with Crippen LogP contribution in [-0.2, 0) is 14.3 Å². The molecule has 3 N–H and O–H groups in total. The average Bonchev–Trinajstić information content (AvgIpc) is 3.54. The zero-order valence-corrected chi connectivity index (χ0v) is 18.8. The van der Waals surface area contributed by atoms with Crippen LogP contribution in [0.2, 0.25) is 0 Å². The number of carboxylic acids is 1. The lowest BCUT2D eigenvalue weighted by molar-refractivity contribution is -0.139. The molecule has 3 atom stereocenters. The summed E-state index contributed by atoms with van der Waals surface area (Å²) in [5.74, 6) is -0.994. The first-order chi connectivity index (χ1) is 15.9. The summed E-state index contributed by atoms with van der Waals surface area (Å²) in [6.45, 7) is 3.09. The third-order valence-electron chi connectivity index (χ3n) is 6.60. The highest BCUT2D eigenvalue weighted by atomic mass is 16.5. The molecule has 2 aromatic carbocycles. The van der Waals surface area contributed by atoms with E-state index in [4.69, 9.17) is 9.84 Å². The van der Waals surface area contributed by atoms with Crippen LogP contribution in [0.4, 0.5) is 4.79 Å². The molecule has 4 rings (SSSR count). The molecule has 1 saturated carbocycles. The van der Waals surface area contributed by atoms with Gasteiger partial charge in [-0.2, -0.15) is 0 Å². The Bertz CT molecular complexity index is 991. The fourth-order valence-electron chi connectivity index (χ4n) is 4.50. The highest BCUT2D eigenvalue weighted by molar-refractivity contribution is 5.79. The van der Waals surface area contributed by atoms with Crippen molar-refractivity contribution in [2.75, 3.05) is 19.7 Å². The quantitative estimate of drug-likeness (QED) is 0.511. The smallest absolute Gasteiger partial charge is 0.407 e. The number of nitrogens with one attached hydrogen (secondary N) is 2. The van der Waals surface area contributed by atoms with Crippen LogP contribution in [0.1, 0.15) is 43.2 Å². The highest BCUT2D eigenvalue weighted by Gasteiger charge is 2.42. The molecule has 1 fully saturated rings. The van der Waals surface area contributed by atoms with Crippen LogP contribution in [0.15, 0.2) is 48.5 Å². The second kappa shape index (κ2) is 10.1. The summed E-state index contributed by atoms with van der Waals surface area (Å²) >= 11 is 0. The lowest BCUT2D eigenvalue weighted by atomic mass is 9.98. The zero-order chi connectivity index (χ0) is 23.4. The Hall–Kier alpha value is -3.35. The maximum atomic E-state index is 12.3. The minimum atomic E-state index is -0.790. The molecule has 0 bridgehead atoms. The number of fused-ring (bicyclic) bond motifs is 3. The largest absolute Gasteiger partial charge is 0.481 e. The fraction of sp³-hybridized carbons (Fsp3) is 0.423. The first-order valence-corrected chi connectivity index (χ1v) is 11.5. The van der Waals surface area contributed by atoms with Crippen LogP contribution < -0.4 is 10.6 Å². The van der Waals surface area contributed by atoms with Gasteiger partial charge >= 0.3 is 12.1 Å². The normalized spacial score (nSPS) is 19.2. The van der Waals surface area contributed by atoms with E-state index in [0.29, 0.717) is 32.4 Å². The minimum absolute atomic E-state index is 0.0245. The summed E-state index contributed by atoms with van der Waals surface area (Å²) in [5, 5.41) is 14.5. The van der Waals surface area contributed by atoms with Crippen molar-refractivity contribution in [2.45, 2.75) is 32.1 Å². The first-order valence-electron chi connectivity index (χ1n) is 11.5. The van der Waals surface area contributed by atoms with Gasteiger partial charge in [0.15, 0.2) is 0 Å². The summed E-state index contributed by atoms with van der Waals surface area (Å²) in [6.07, 6.45) is 1.15. The van der Waals surface area contributed by atoms with Gasteiger partial charge in [0.2, 0.25) is 5.91 Å². The summed E-state index contributed by atoms with van der Waals surface area (Å²) < 4.78 is 5.54. The lowest BCUT2D eigenvalue weighted by Crippen LogP contribution is -2.31. The van der Waals surface area contributed by atoms with Crippen molar-refractivity contribution in [3.8, 4) is 11.1 Å². The zero-order valence-electron chi connectivity index (χ0n) is 18.8. The number of aliphatic carboxylic acids is 1. The first kappa shape index (κ1) is 22.8. The van der Waals surface area contributed by atoms with E-state index in [9.17, 15) is 14.4 Å². The maximum Gasteiger partial charge on any atom is 0.407 e. The van der Waals surface area contributed by atoms with Gasteiger partial charge in [-0.3, -0.25) is 9.59 Å². The molecule has 0 heterocycles. The van der Waals surface area contributed by atoms with E-state index >= 15 is 0 Å². The van der Waals surface area contributed by atoms with Crippen LogP contribution in [0.3, 0.4) is 0 Å². The Balaban J connectivity index is 1.16. The van der Waals surface area contributed by atoms with Gasteiger partial charge in [-0.15, -0.1) is 0 Å². The Morgan fingerprint density at radius 1 is 1.03 bits per heavy atom. The van der Waals surface area contributed by atoms with E-state index < -0.39 is 12.1 Å². The standard InChI is InChI=1S/C26H30N2O5/c1-16(10-11-24(29)27-14-17-12-22(17)25(30)31)13-28-26(32)33-15-23-20-8-4-2-6-18(20)19-7-3-5-9-21(19)23/h2-9,16-17,22-23H,10-15H2,1H3,(H,27,29)(H,28,32)(H,30,31)/t16?,17-,22-/m0/s1. The number of ether oxygens (including phenoxy) is 1. The number of carboxylic acid groups (broad SMARTS) is 1. The highest BCUT2D eigenvalue weighted by Crippen LogP contribution is 2.44. The average molecular weight is 451 g/mol. The van der Waals surface area contributed by atoms with Crippen molar-refractivity contribution in [2.24, 2.45) is 17.8 Å². The van der Waals surface area contributed by atoms with Crippen molar-refractivity contribution in [1.29, 1.82) is 0 Å². The molecular weight excluding hydrogens is 420 g/mol. The second-order valence-electron chi connectivity index (χ2n) is 9.09. The van der Waals surface area contributed by atoms with E-state index in [1.807, 2.05) is 31.2 Å². The van der Waals surface area contributed by atoms with E-state index in [-0.39, 0.29) is 36.2 Å². The summed E-state index contributed by atoms with van der Waals surface area (Å²) in [5.41, 5.74) is 4.72. The number of alkyl carbamates (subject to hydrolysis) is 1. The third kappa shape index (κ3) is 5.53. The van der Waals surface area contributed by atoms with Gasteiger partial charge in [-0.1, -0.05) is 55.5 Å². The molecule has 1 unspecified atom stereocenters. The molecule has 2 aliphatic rings. The number of benzene rings is 2.